The van der Waals surface area contributed by atoms with Crippen LogP contribution in [0.4, 0.5) is 0 Å². The number of morpholine rings is 1. The lowest BCUT2D eigenvalue weighted by Crippen LogP contribution is -2.45. The molecule has 0 radical (unpaired) electrons. The highest BCUT2D eigenvalue weighted by atomic mass is 16.5. The lowest BCUT2D eigenvalue weighted by molar-refractivity contribution is -0.0311. The highest BCUT2D eigenvalue weighted by Gasteiger charge is 2.40. The second-order valence-corrected chi connectivity index (χ2v) is 8.69. The fraction of sp³-hybridized carbons (Fsp3) is 0.538. The third-order valence-corrected chi connectivity index (χ3v) is 6.09. The SMILES string of the molecule is CCOc1ccc([C@@](O)(CCC(C)C)[C@@H](CN2CCOCC2)c2ccccc2)cc1. The van der Waals surface area contributed by atoms with Crippen molar-refractivity contribution < 1.29 is 14.6 Å². The van der Waals surface area contributed by atoms with Crippen LogP contribution in [0, 0.1) is 5.92 Å². The smallest absolute Gasteiger partial charge is 0.119 e. The second-order valence-electron chi connectivity index (χ2n) is 8.69. The van der Waals surface area contributed by atoms with Gasteiger partial charge in [0.05, 0.1) is 25.4 Å². The minimum absolute atomic E-state index is 0.0199. The molecular formula is C26H37NO3. The molecule has 0 amide bonds. The third-order valence-electron chi connectivity index (χ3n) is 6.09. The summed E-state index contributed by atoms with van der Waals surface area (Å²) in [6.07, 6.45) is 1.69. The van der Waals surface area contributed by atoms with E-state index in [0.29, 0.717) is 12.5 Å². The monoisotopic (exact) mass is 411 g/mol. The molecule has 3 rings (SSSR count). The first-order valence-corrected chi connectivity index (χ1v) is 11.3. The predicted octanol–water partition coefficient (Wildman–Crippen LogP) is 4.83. The molecule has 0 aliphatic carbocycles. The lowest BCUT2D eigenvalue weighted by atomic mass is 9.73. The second kappa shape index (κ2) is 10.9. The molecule has 0 bridgehead atoms. The molecule has 2 aromatic rings. The summed E-state index contributed by atoms with van der Waals surface area (Å²) in [6.45, 7) is 11.2. The number of rotatable bonds is 10. The van der Waals surface area contributed by atoms with Crippen molar-refractivity contribution in [2.24, 2.45) is 5.92 Å². The highest BCUT2D eigenvalue weighted by Crippen LogP contribution is 2.42. The topological polar surface area (TPSA) is 41.9 Å². The fourth-order valence-electron chi connectivity index (χ4n) is 4.29. The van der Waals surface area contributed by atoms with Gasteiger partial charge in [-0.25, -0.2) is 0 Å². The van der Waals surface area contributed by atoms with Gasteiger partial charge in [0.1, 0.15) is 5.75 Å². The van der Waals surface area contributed by atoms with Crippen LogP contribution in [0.5, 0.6) is 5.75 Å². The first-order chi connectivity index (χ1) is 14.5. The first-order valence-electron chi connectivity index (χ1n) is 11.3. The molecule has 1 N–H and O–H groups in total. The maximum atomic E-state index is 12.3. The van der Waals surface area contributed by atoms with Gasteiger partial charge in [0.25, 0.3) is 0 Å². The third kappa shape index (κ3) is 5.84. The largest absolute Gasteiger partial charge is 0.494 e. The molecule has 0 spiro atoms. The molecule has 2 aromatic carbocycles. The van der Waals surface area contributed by atoms with Gasteiger partial charge in [-0.2, -0.15) is 0 Å². The summed E-state index contributed by atoms with van der Waals surface area (Å²) in [7, 11) is 0. The zero-order valence-electron chi connectivity index (χ0n) is 18.7. The Balaban J connectivity index is 1.98. The Kier molecular flexibility index (Phi) is 8.32. The predicted molar refractivity (Wildman–Crippen MR) is 122 cm³/mol. The fourth-order valence-corrected chi connectivity index (χ4v) is 4.29. The van der Waals surface area contributed by atoms with Gasteiger partial charge in [0.15, 0.2) is 0 Å². The summed E-state index contributed by atoms with van der Waals surface area (Å²) in [5.41, 5.74) is 1.20. The Morgan fingerprint density at radius 1 is 1.03 bits per heavy atom. The van der Waals surface area contributed by atoms with E-state index in [9.17, 15) is 5.11 Å². The minimum atomic E-state index is -0.950. The number of ether oxygens (including phenoxy) is 2. The molecule has 30 heavy (non-hydrogen) atoms. The van der Waals surface area contributed by atoms with E-state index in [1.165, 1.54) is 5.56 Å². The van der Waals surface area contributed by atoms with Gasteiger partial charge >= 0.3 is 0 Å². The molecule has 0 saturated carbocycles. The van der Waals surface area contributed by atoms with Gasteiger partial charge in [-0.15, -0.1) is 0 Å². The maximum absolute atomic E-state index is 12.3. The number of nitrogens with zero attached hydrogens (tertiary/aromatic N) is 1. The van der Waals surface area contributed by atoms with E-state index >= 15 is 0 Å². The molecule has 164 valence electrons. The first kappa shape index (κ1) is 22.8. The number of hydrogen-bond acceptors (Lipinski definition) is 4. The molecule has 1 heterocycles. The number of benzene rings is 2. The molecule has 0 unspecified atom stereocenters. The summed E-state index contributed by atoms with van der Waals surface area (Å²) in [6, 6.07) is 18.5. The summed E-state index contributed by atoms with van der Waals surface area (Å²) >= 11 is 0. The van der Waals surface area contributed by atoms with Crippen molar-refractivity contribution in [3.05, 3.63) is 65.7 Å². The molecular weight excluding hydrogens is 374 g/mol. The molecule has 2 atom stereocenters. The molecule has 1 saturated heterocycles. The Bertz CT molecular complexity index is 741. The van der Waals surface area contributed by atoms with Crippen LogP contribution < -0.4 is 4.74 Å². The van der Waals surface area contributed by atoms with Crippen LogP contribution in [0.25, 0.3) is 0 Å². The lowest BCUT2D eigenvalue weighted by Gasteiger charge is -2.41. The van der Waals surface area contributed by atoms with Gasteiger partial charge in [-0.3, -0.25) is 4.90 Å². The summed E-state index contributed by atoms with van der Waals surface area (Å²) in [5.74, 6) is 1.35. The summed E-state index contributed by atoms with van der Waals surface area (Å²) in [4.78, 5) is 2.43. The van der Waals surface area contributed by atoms with Gasteiger partial charge < -0.3 is 14.6 Å². The molecule has 4 heteroatoms. The van der Waals surface area contributed by atoms with Crippen molar-refractivity contribution in [2.45, 2.75) is 45.1 Å². The Labute approximate surface area is 181 Å². The Morgan fingerprint density at radius 3 is 2.30 bits per heavy atom. The number of aliphatic hydroxyl groups is 1. The zero-order valence-corrected chi connectivity index (χ0v) is 18.7. The van der Waals surface area contributed by atoms with E-state index in [2.05, 4.69) is 43.0 Å². The van der Waals surface area contributed by atoms with E-state index in [4.69, 9.17) is 9.47 Å². The van der Waals surface area contributed by atoms with E-state index in [0.717, 1.165) is 57.0 Å². The van der Waals surface area contributed by atoms with Crippen LogP contribution in [0.15, 0.2) is 54.6 Å². The van der Waals surface area contributed by atoms with Crippen molar-refractivity contribution in [3.8, 4) is 5.75 Å². The van der Waals surface area contributed by atoms with Crippen LogP contribution in [0.2, 0.25) is 0 Å². The quantitative estimate of drug-likeness (QED) is 0.608. The average Bonchev–Trinajstić information content (AvgIpc) is 2.78. The van der Waals surface area contributed by atoms with Crippen molar-refractivity contribution in [2.75, 3.05) is 39.5 Å². The Hall–Kier alpha value is -1.88. The van der Waals surface area contributed by atoms with Gasteiger partial charge in [-0.1, -0.05) is 56.3 Å². The van der Waals surface area contributed by atoms with Crippen LogP contribution in [0.3, 0.4) is 0 Å². The summed E-state index contributed by atoms with van der Waals surface area (Å²) in [5, 5.41) is 12.3. The molecule has 0 aromatic heterocycles. The van der Waals surface area contributed by atoms with Crippen LogP contribution >= 0.6 is 0 Å². The van der Waals surface area contributed by atoms with Gasteiger partial charge in [-0.05, 0) is 48.9 Å². The van der Waals surface area contributed by atoms with E-state index in [1.54, 1.807) is 0 Å². The molecule has 1 aliphatic rings. The standard InChI is InChI=1S/C26H37NO3/c1-4-30-24-12-10-23(11-13-24)26(28,15-14-21(2)3)25(22-8-6-5-7-9-22)20-27-16-18-29-19-17-27/h5-13,21,25,28H,4,14-20H2,1-3H3/t25-,26-/m0/s1. The van der Waals surface area contributed by atoms with Crippen LogP contribution in [-0.4, -0.2) is 49.5 Å². The van der Waals surface area contributed by atoms with Gasteiger partial charge in [0, 0.05) is 25.6 Å². The Morgan fingerprint density at radius 2 is 1.70 bits per heavy atom. The molecule has 4 nitrogen and oxygen atoms in total. The van der Waals surface area contributed by atoms with Crippen molar-refractivity contribution >= 4 is 0 Å². The van der Waals surface area contributed by atoms with Crippen molar-refractivity contribution in [3.63, 3.8) is 0 Å². The van der Waals surface area contributed by atoms with Crippen molar-refractivity contribution in [1.82, 2.24) is 4.90 Å². The maximum Gasteiger partial charge on any atom is 0.119 e. The van der Waals surface area contributed by atoms with Crippen molar-refractivity contribution in [1.29, 1.82) is 0 Å². The van der Waals surface area contributed by atoms with Crippen LogP contribution in [-0.2, 0) is 10.3 Å². The minimum Gasteiger partial charge on any atom is -0.494 e. The van der Waals surface area contributed by atoms with Gasteiger partial charge in [0.2, 0.25) is 0 Å². The zero-order chi connectivity index (χ0) is 21.4. The van der Waals surface area contributed by atoms with E-state index < -0.39 is 5.60 Å². The molecule has 1 aliphatic heterocycles. The summed E-state index contributed by atoms with van der Waals surface area (Å²) < 4.78 is 11.2. The van der Waals surface area contributed by atoms with E-state index in [-0.39, 0.29) is 5.92 Å². The van der Waals surface area contributed by atoms with Crippen LogP contribution in [0.1, 0.15) is 50.7 Å². The highest BCUT2D eigenvalue weighted by molar-refractivity contribution is 5.35. The molecule has 1 fully saturated rings. The number of hydrogen-bond donors (Lipinski definition) is 1. The van der Waals surface area contributed by atoms with E-state index in [1.807, 2.05) is 37.3 Å². The average molecular weight is 412 g/mol. The normalized spacial score (nSPS) is 18.2.